The molecule has 0 saturated heterocycles. The molecule has 0 spiro atoms. The molecule has 2 aromatic rings. The number of carbonyl (C=O) groups is 1. The lowest BCUT2D eigenvalue weighted by Crippen LogP contribution is -2.09. The number of hydrogen-bond acceptors (Lipinski definition) is 2. The number of halogens is 1. The van der Waals surface area contributed by atoms with Gasteiger partial charge in [-0.05, 0) is 29.8 Å². The van der Waals surface area contributed by atoms with Crippen LogP contribution in [-0.4, -0.2) is 10.5 Å². The highest BCUT2D eigenvalue weighted by Crippen LogP contribution is 2.13. The van der Waals surface area contributed by atoms with Crippen molar-refractivity contribution in [2.45, 2.75) is 6.54 Å². The van der Waals surface area contributed by atoms with Gasteiger partial charge in [0.2, 0.25) is 0 Å². The predicted molar refractivity (Wildman–Crippen MR) is 66.2 cm³/mol. The minimum Gasteiger partial charge on any atom is -0.326 e. The molecular formula is C12H11BrN2O. The Morgan fingerprint density at radius 3 is 2.81 bits per heavy atom. The largest absolute Gasteiger partial charge is 0.326 e. The number of nitrogens with two attached hydrogens (primary N) is 1. The van der Waals surface area contributed by atoms with Crippen LogP contribution >= 0.6 is 15.9 Å². The monoisotopic (exact) mass is 278 g/mol. The van der Waals surface area contributed by atoms with Crippen molar-refractivity contribution < 1.29 is 4.79 Å². The fourth-order valence-corrected chi connectivity index (χ4v) is 1.86. The number of hydrogen-bond donors (Lipinski definition) is 1. The van der Waals surface area contributed by atoms with Gasteiger partial charge in [-0.25, -0.2) is 0 Å². The molecule has 0 aliphatic rings. The van der Waals surface area contributed by atoms with Gasteiger partial charge in [-0.1, -0.05) is 22.0 Å². The lowest BCUT2D eigenvalue weighted by atomic mass is 10.2. The average Bonchev–Trinajstić information content (AvgIpc) is 2.76. The van der Waals surface area contributed by atoms with Crippen LogP contribution in [0.2, 0.25) is 0 Å². The van der Waals surface area contributed by atoms with E-state index in [1.165, 1.54) is 0 Å². The number of aromatic nitrogens is 1. The first-order valence-electron chi connectivity index (χ1n) is 4.88. The Kier molecular flexibility index (Phi) is 3.22. The molecule has 4 heteroatoms. The SMILES string of the molecule is NCc1ccn(C(=O)c2cccc(Br)c2)c1. The molecule has 0 fully saturated rings. The predicted octanol–water partition coefficient (Wildman–Crippen LogP) is 2.40. The molecule has 2 N–H and O–H groups in total. The fraction of sp³-hybridized carbons (Fsp3) is 0.0833. The highest BCUT2D eigenvalue weighted by molar-refractivity contribution is 9.10. The Morgan fingerprint density at radius 1 is 1.38 bits per heavy atom. The Bertz CT molecular complexity index is 519. The standard InChI is InChI=1S/C12H11BrN2O/c13-11-3-1-2-10(6-11)12(16)15-5-4-9(7-14)8-15/h1-6,8H,7,14H2. The third-order valence-electron chi connectivity index (χ3n) is 2.30. The van der Waals surface area contributed by atoms with Crippen LogP contribution in [-0.2, 0) is 6.54 Å². The fourth-order valence-electron chi connectivity index (χ4n) is 1.46. The van der Waals surface area contributed by atoms with E-state index in [2.05, 4.69) is 15.9 Å². The van der Waals surface area contributed by atoms with Crippen molar-refractivity contribution in [3.05, 3.63) is 58.3 Å². The summed E-state index contributed by atoms with van der Waals surface area (Å²) in [6.45, 7) is 0.443. The van der Waals surface area contributed by atoms with E-state index in [4.69, 9.17) is 5.73 Å². The summed E-state index contributed by atoms with van der Waals surface area (Å²) < 4.78 is 2.44. The average molecular weight is 279 g/mol. The second kappa shape index (κ2) is 4.63. The maximum Gasteiger partial charge on any atom is 0.261 e. The van der Waals surface area contributed by atoms with E-state index in [1.54, 1.807) is 29.1 Å². The van der Waals surface area contributed by atoms with Gasteiger partial charge in [0.15, 0.2) is 0 Å². The third kappa shape index (κ3) is 2.23. The van der Waals surface area contributed by atoms with Crippen molar-refractivity contribution >= 4 is 21.8 Å². The Morgan fingerprint density at radius 2 is 2.19 bits per heavy atom. The molecule has 0 aliphatic heterocycles. The van der Waals surface area contributed by atoms with E-state index in [1.807, 2.05) is 18.2 Å². The summed E-state index contributed by atoms with van der Waals surface area (Å²) in [5.41, 5.74) is 7.09. The van der Waals surface area contributed by atoms with Gasteiger partial charge in [0.1, 0.15) is 0 Å². The van der Waals surface area contributed by atoms with Gasteiger partial charge in [0.05, 0.1) is 0 Å². The van der Waals surface area contributed by atoms with Crippen molar-refractivity contribution in [1.29, 1.82) is 0 Å². The highest BCUT2D eigenvalue weighted by atomic mass is 79.9. The van der Waals surface area contributed by atoms with Crippen LogP contribution in [0.15, 0.2) is 47.2 Å². The third-order valence-corrected chi connectivity index (χ3v) is 2.79. The summed E-state index contributed by atoms with van der Waals surface area (Å²) in [6, 6.07) is 9.15. The second-order valence-corrected chi connectivity index (χ2v) is 4.36. The van der Waals surface area contributed by atoms with Gasteiger partial charge >= 0.3 is 0 Å². The number of carbonyl (C=O) groups excluding carboxylic acids is 1. The molecule has 3 nitrogen and oxygen atoms in total. The quantitative estimate of drug-likeness (QED) is 0.917. The molecule has 1 aromatic heterocycles. The maximum atomic E-state index is 12.0. The summed E-state index contributed by atoms with van der Waals surface area (Å²) >= 11 is 3.34. The summed E-state index contributed by atoms with van der Waals surface area (Å²) in [5.74, 6) is -0.0546. The van der Waals surface area contributed by atoms with E-state index in [9.17, 15) is 4.79 Å². The van der Waals surface area contributed by atoms with Crippen molar-refractivity contribution in [1.82, 2.24) is 4.57 Å². The van der Waals surface area contributed by atoms with Crippen LogP contribution in [0.25, 0.3) is 0 Å². The number of nitrogens with zero attached hydrogens (tertiary/aromatic N) is 1. The minimum atomic E-state index is -0.0546. The van der Waals surface area contributed by atoms with E-state index in [-0.39, 0.29) is 5.91 Å². The van der Waals surface area contributed by atoms with Gasteiger partial charge in [-0.15, -0.1) is 0 Å². The van der Waals surface area contributed by atoms with Crippen LogP contribution in [0.4, 0.5) is 0 Å². The van der Waals surface area contributed by atoms with Crippen LogP contribution in [0.5, 0.6) is 0 Å². The van der Waals surface area contributed by atoms with Gasteiger partial charge in [-0.3, -0.25) is 9.36 Å². The van der Waals surface area contributed by atoms with Gasteiger partial charge in [0, 0.05) is 29.0 Å². The molecule has 0 unspecified atom stereocenters. The van der Waals surface area contributed by atoms with Crippen LogP contribution in [0, 0.1) is 0 Å². The molecule has 0 bridgehead atoms. The molecule has 0 aliphatic carbocycles. The van der Waals surface area contributed by atoms with E-state index in [0.717, 1.165) is 10.0 Å². The topological polar surface area (TPSA) is 48.0 Å². The summed E-state index contributed by atoms with van der Waals surface area (Å²) in [7, 11) is 0. The molecule has 1 heterocycles. The van der Waals surface area contributed by atoms with Gasteiger partial charge in [0.25, 0.3) is 5.91 Å². The van der Waals surface area contributed by atoms with Gasteiger partial charge in [-0.2, -0.15) is 0 Å². The highest BCUT2D eigenvalue weighted by Gasteiger charge is 2.08. The van der Waals surface area contributed by atoms with Crippen LogP contribution < -0.4 is 5.73 Å². The lowest BCUT2D eigenvalue weighted by Gasteiger charge is -2.02. The van der Waals surface area contributed by atoms with E-state index in [0.29, 0.717) is 12.1 Å². The number of benzene rings is 1. The molecule has 0 saturated carbocycles. The van der Waals surface area contributed by atoms with Crippen molar-refractivity contribution in [3.8, 4) is 0 Å². The zero-order valence-electron chi connectivity index (χ0n) is 8.56. The lowest BCUT2D eigenvalue weighted by molar-refractivity contribution is 0.0960. The summed E-state index contributed by atoms with van der Waals surface area (Å²) in [4.78, 5) is 12.0. The Balaban J connectivity index is 2.31. The summed E-state index contributed by atoms with van der Waals surface area (Å²) in [6.07, 6.45) is 3.48. The molecule has 16 heavy (non-hydrogen) atoms. The van der Waals surface area contributed by atoms with Gasteiger partial charge < -0.3 is 5.73 Å². The first-order chi connectivity index (χ1) is 7.70. The van der Waals surface area contributed by atoms with Crippen molar-refractivity contribution in [3.63, 3.8) is 0 Å². The molecular weight excluding hydrogens is 268 g/mol. The van der Waals surface area contributed by atoms with E-state index < -0.39 is 0 Å². The first kappa shape index (κ1) is 11.1. The zero-order chi connectivity index (χ0) is 11.5. The summed E-state index contributed by atoms with van der Waals surface area (Å²) in [5, 5.41) is 0. The normalized spacial score (nSPS) is 10.4. The van der Waals surface area contributed by atoms with E-state index >= 15 is 0 Å². The van der Waals surface area contributed by atoms with Crippen molar-refractivity contribution in [2.24, 2.45) is 5.73 Å². The Hall–Kier alpha value is -1.39. The molecule has 0 amide bonds. The molecule has 1 aromatic carbocycles. The molecule has 2 rings (SSSR count). The molecule has 82 valence electrons. The smallest absolute Gasteiger partial charge is 0.261 e. The Labute approximate surface area is 102 Å². The second-order valence-electron chi connectivity index (χ2n) is 3.45. The zero-order valence-corrected chi connectivity index (χ0v) is 10.1. The minimum absolute atomic E-state index is 0.0546. The number of rotatable bonds is 2. The molecule has 0 radical (unpaired) electrons. The van der Waals surface area contributed by atoms with Crippen LogP contribution in [0.3, 0.4) is 0 Å². The first-order valence-corrected chi connectivity index (χ1v) is 5.67. The van der Waals surface area contributed by atoms with Crippen molar-refractivity contribution in [2.75, 3.05) is 0 Å². The molecule has 0 atom stereocenters. The van der Waals surface area contributed by atoms with Crippen LogP contribution in [0.1, 0.15) is 15.9 Å². The maximum absolute atomic E-state index is 12.0.